The van der Waals surface area contributed by atoms with Gasteiger partial charge in [-0.1, -0.05) is 52.5 Å². The number of halogens is 4. The molecule has 0 saturated heterocycles. The molecule has 1 amide bonds. The Morgan fingerprint density at radius 2 is 1.43 bits per heavy atom. The molecule has 0 atom stereocenters. The number of amides is 1. The highest BCUT2D eigenvalue weighted by atomic mass is 35.5. The maximum atomic E-state index is 13.4. The van der Waals surface area contributed by atoms with E-state index in [1.807, 2.05) is 0 Å². The topological polar surface area (TPSA) is 32.3 Å². The van der Waals surface area contributed by atoms with Gasteiger partial charge in [-0.05, 0) is 62.1 Å². The zero-order valence-electron chi connectivity index (χ0n) is 14.7. The summed E-state index contributed by atoms with van der Waals surface area (Å²) in [6.07, 6.45) is 5.90. The van der Waals surface area contributed by atoms with Gasteiger partial charge in [0.1, 0.15) is 5.70 Å². The van der Waals surface area contributed by atoms with Gasteiger partial charge in [0.2, 0.25) is 0 Å². The van der Waals surface area contributed by atoms with Gasteiger partial charge in [-0.2, -0.15) is 0 Å². The molecule has 144 valence electrons. The minimum absolute atomic E-state index is 0.155. The number of anilines is 2. The fraction of sp³-hybridized carbons (Fsp3) is 0.190. The fourth-order valence-electron chi connectivity index (χ4n) is 3.59. The number of nitrogens with one attached hydrogen (secondary N) is 1. The molecule has 4 rings (SSSR count). The quantitative estimate of drug-likeness (QED) is 0.522. The monoisotopic (exact) mass is 452 g/mol. The number of benzene rings is 2. The second kappa shape index (κ2) is 8.00. The van der Waals surface area contributed by atoms with E-state index in [9.17, 15) is 4.79 Å². The Bertz CT molecular complexity index is 989. The third kappa shape index (κ3) is 3.90. The number of carbonyl (C=O) groups excluding carboxylic acids is 1. The molecule has 0 aromatic heterocycles. The molecule has 0 saturated carbocycles. The number of allylic oxidation sites excluding steroid dienone is 2. The summed E-state index contributed by atoms with van der Waals surface area (Å²) in [4.78, 5) is 15.1. The maximum absolute atomic E-state index is 13.4. The number of fused-ring (bicyclic) bond motifs is 1. The largest absolute Gasteiger partial charge is 0.351 e. The van der Waals surface area contributed by atoms with Crippen molar-refractivity contribution in [1.82, 2.24) is 0 Å². The molecule has 2 aliphatic rings. The molecular weight excluding hydrogens is 438 g/mol. The van der Waals surface area contributed by atoms with Gasteiger partial charge in [-0.3, -0.25) is 9.69 Å². The van der Waals surface area contributed by atoms with Crippen molar-refractivity contribution in [3.8, 4) is 0 Å². The lowest BCUT2D eigenvalue weighted by Gasteiger charge is -2.20. The summed E-state index contributed by atoms with van der Waals surface area (Å²) in [6.45, 7) is 0. The van der Waals surface area contributed by atoms with Crippen LogP contribution in [0.25, 0.3) is 0 Å². The van der Waals surface area contributed by atoms with Crippen LogP contribution in [0.3, 0.4) is 0 Å². The molecule has 0 bridgehead atoms. The van der Waals surface area contributed by atoms with Crippen molar-refractivity contribution in [3.05, 3.63) is 79.5 Å². The Morgan fingerprint density at radius 1 is 0.821 bits per heavy atom. The van der Waals surface area contributed by atoms with E-state index >= 15 is 0 Å². The first-order valence-electron chi connectivity index (χ1n) is 8.90. The number of rotatable bonds is 3. The summed E-state index contributed by atoms with van der Waals surface area (Å²) in [5, 5.41) is 5.20. The number of hydrogen-bond acceptors (Lipinski definition) is 2. The van der Waals surface area contributed by atoms with Crippen molar-refractivity contribution in [1.29, 1.82) is 0 Å². The van der Waals surface area contributed by atoms with Gasteiger partial charge in [0, 0.05) is 31.4 Å². The number of carbonyl (C=O) groups is 1. The second-order valence-electron chi connectivity index (χ2n) is 6.74. The molecule has 3 nitrogen and oxygen atoms in total. The Labute approximate surface area is 183 Å². The predicted octanol–water partition coefficient (Wildman–Crippen LogP) is 7.47. The van der Waals surface area contributed by atoms with Gasteiger partial charge >= 0.3 is 0 Å². The highest BCUT2D eigenvalue weighted by Gasteiger charge is 2.36. The Kier molecular flexibility index (Phi) is 5.62. The lowest BCUT2D eigenvalue weighted by molar-refractivity contribution is -0.114. The molecule has 28 heavy (non-hydrogen) atoms. The Balaban J connectivity index is 1.78. The molecule has 1 N–H and O–H groups in total. The minimum Gasteiger partial charge on any atom is -0.351 e. The second-order valence-corrected chi connectivity index (χ2v) is 8.49. The van der Waals surface area contributed by atoms with Crippen molar-refractivity contribution >= 4 is 63.7 Å². The van der Waals surface area contributed by atoms with Crippen LogP contribution in [-0.2, 0) is 4.79 Å². The molecule has 0 fully saturated rings. The summed E-state index contributed by atoms with van der Waals surface area (Å²) >= 11 is 24.6. The summed E-state index contributed by atoms with van der Waals surface area (Å²) in [5.74, 6) is -0.155. The van der Waals surface area contributed by atoms with Gasteiger partial charge in [0.25, 0.3) is 5.91 Å². The van der Waals surface area contributed by atoms with E-state index in [0.717, 1.165) is 37.0 Å². The molecule has 0 radical (unpaired) electrons. The van der Waals surface area contributed by atoms with Gasteiger partial charge in [0.05, 0.1) is 11.4 Å². The molecule has 0 spiro atoms. The summed E-state index contributed by atoms with van der Waals surface area (Å²) in [7, 11) is 0. The van der Waals surface area contributed by atoms with E-state index in [1.165, 1.54) is 0 Å². The van der Waals surface area contributed by atoms with Crippen LogP contribution in [-0.4, -0.2) is 5.91 Å². The SMILES string of the molecule is O=C1C(Nc2cc(Cl)cc(Cl)c2)=C2CCCCC=C2N1c1cc(Cl)cc(Cl)c1. The van der Waals surface area contributed by atoms with E-state index in [2.05, 4.69) is 11.4 Å². The smallest absolute Gasteiger partial charge is 0.279 e. The average molecular weight is 454 g/mol. The van der Waals surface area contributed by atoms with E-state index in [0.29, 0.717) is 37.2 Å². The molecule has 1 heterocycles. The normalized spacial score (nSPS) is 16.8. The fourth-order valence-corrected chi connectivity index (χ4v) is 4.63. The van der Waals surface area contributed by atoms with Crippen LogP contribution in [0.5, 0.6) is 0 Å². The van der Waals surface area contributed by atoms with E-state index in [-0.39, 0.29) is 5.91 Å². The van der Waals surface area contributed by atoms with Crippen molar-refractivity contribution in [2.24, 2.45) is 0 Å². The lowest BCUT2D eigenvalue weighted by Crippen LogP contribution is -2.27. The Morgan fingerprint density at radius 3 is 2.07 bits per heavy atom. The number of hydrogen-bond donors (Lipinski definition) is 1. The van der Waals surface area contributed by atoms with Crippen LogP contribution in [0.15, 0.2) is 59.4 Å². The van der Waals surface area contributed by atoms with Crippen molar-refractivity contribution in [3.63, 3.8) is 0 Å². The number of nitrogens with zero attached hydrogens (tertiary/aromatic N) is 1. The van der Waals surface area contributed by atoms with Gasteiger partial charge in [0.15, 0.2) is 0 Å². The first kappa shape index (κ1) is 19.7. The van der Waals surface area contributed by atoms with Crippen LogP contribution < -0.4 is 10.2 Å². The van der Waals surface area contributed by atoms with Gasteiger partial charge in [-0.15, -0.1) is 0 Å². The molecule has 1 aliphatic heterocycles. The van der Waals surface area contributed by atoms with Crippen LogP contribution in [0.1, 0.15) is 25.7 Å². The van der Waals surface area contributed by atoms with E-state index < -0.39 is 0 Å². The van der Waals surface area contributed by atoms with Gasteiger partial charge < -0.3 is 5.32 Å². The minimum atomic E-state index is -0.155. The summed E-state index contributed by atoms with van der Waals surface area (Å²) < 4.78 is 0. The van der Waals surface area contributed by atoms with Crippen LogP contribution in [0.2, 0.25) is 20.1 Å². The molecular formula is C21H16Cl4N2O. The third-order valence-electron chi connectivity index (χ3n) is 4.72. The first-order valence-corrected chi connectivity index (χ1v) is 10.4. The molecule has 7 heteroatoms. The van der Waals surface area contributed by atoms with Crippen molar-refractivity contribution in [2.45, 2.75) is 25.7 Å². The molecule has 2 aromatic carbocycles. The van der Waals surface area contributed by atoms with E-state index in [4.69, 9.17) is 46.4 Å². The van der Waals surface area contributed by atoms with Gasteiger partial charge in [-0.25, -0.2) is 0 Å². The molecule has 0 unspecified atom stereocenters. The first-order chi connectivity index (χ1) is 13.4. The Hall–Kier alpha value is -1.65. The highest BCUT2D eigenvalue weighted by molar-refractivity contribution is 6.36. The van der Waals surface area contributed by atoms with Crippen molar-refractivity contribution < 1.29 is 4.79 Å². The zero-order valence-corrected chi connectivity index (χ0v) is 17.8. The molecule has 1 aliphatic carbocycles. The van der Waals surface area contributed by atoms with Crippen LogP contribution in [0.4, 0.5) is 11.4 Å². The predicted molar refractivity (Wildman–Crippen MR) is 118 cm³/mol. The highest BCUT2D eigenvalue weighted by Crippen LogP contribution is 2.41. The summed E-state index contributed by atoms with van der Waals surface area (Å²) in [6, 6.07) is 10.3. The maximum Gasteiger partial charge on any atom is 0.279 e. The molecule has 2 aromatic rings. The average Bonchev–Trinajstić information content (AvgIpc) is 2.74. The zero-order chi connectivity index (χ0) is 19.8. The summed E-state index contributed by atoms with van der Waals surface area (Å²) in [5.41, 5.74) is 3.71. The third-order valence-corrected chi connectivity index (χ3v) is 5.60. The standard InChI is InChI=1S/C21H16Cl4N2O/c22-12-6-13(23)9-16(8-12)26-20-18-4-2-1-3-5-19(18)27(21(20)28)17-10-14(24)7-15(25)11-17/h5-11,26H,1-4H2. The van der Waals surface area contributed by atoms with Crippen LogP contribution >= 0.6 is 46.4 Å². The van der Waals surface area contributed by atoms with Crippen molar-refractivity contribution in [2.75, 3.05) is 10.2 Å². The van der Waals surface area contributed by atoms with Crippen LogP contribution in [0, 0.1) is 0 Å². The lowest BCUT2D eigenvalue weighted by atomic mass is 10.1. The van der Waals surface area contributed by atoms with E-state index in [1.54, 1.807) is 41.3 Å².